The normalized spacial score (nSPS) is 14.4. The van der Waals surface area contributed by atoms with E-state index in [1.54, 1.807) is 16.9 Å². The van der Waals surface area contributed by atoms with E-state index in [1.807, 2.05) is 24.3 Å². The van der Waals surface area contributed by atoms with Crippen molar-refractivity contribution in [2.24, 2.45) is 0 Å². The molecule has 0 atom stereocenters. The lowest BCUT2D eigenvalue weighted by molar-refractivity contribution is -0.135. The van der Waals surface area contributed by atoms with Crippen LogP contribution in [-0.4, -0.2) is 65.6 Å². The van der Waals surface area contributed by atoms with Gasteiger partial charge in [0.2, 0.25) is 24.1 Å². The van der Waals surface area contributed by atoms with Gasteiger partial charge in [-0.25, -0.2) is 0 Å². The zero-order valence-corrected chi connectivity index (χ0v) is 14.1. The molecule has 3 rings (SSSR count). The molecule has 8 nitrogen and oxygen atoms in total. The van der Waals surface area contributed by atoms with Crippen LogP contribution in [0.15, 0.2) is 28.7 Å². The summed E-state index contributed by atoms with van der Waals surface area (Å²) < 4.78 is 10.8. The standard InChI is InChI=1S/C17H20N4O4/c1-24-14-4-2-3-13(11-14)17-19-18-15(25-17)5-6-16(23)21-9-7-20(12-22)8-10-21/h2-4,11-12H,5-10H2,1H3. The molecule has 2 aromatic rings. The van der Waals surface area contributed by atoms with Crippen molar-refractivity contribution < 1.29 is 18.7 Å². The molecule has 0 aliphatic carbocycles. The van der Waals surface area contributed by atoms with Crippen molar-refractivity contribution in [2.75, 3.05) is 33.3 Å². The Kier molecular flexibility index (Phi) is 5.27. The molecule has 0 unspecified atom stereocenters. The third-order valence-electron chi connectivity index (χ3n) is 4.15. The van der Waals surface area contributed by atoms with Crippen molar-refractivity contribution in [3.05, 3.63) is 30.2 Å². The van der Waals surface area contributed by atoms with Crippen molar-refractivity contribution in [1.29, 1.82) is 0 Å². The number of hydrogen-bond donors (Lipinski definition) is 0. The summed E-state index contributed by atoms with van der Waals surface area (Å²) in [5, 5.41) is 8.04. The number of aromatic nitrogens is 2. The summed E-state index contributed by atoms with van der Waals surface area (Å²) in [5.74, 6) is 1.58. The van der Waals surface area contributed by atoms with E-state index in [9.17, 15) is 9.59 Å². The lowest BCUT2D eigenvalue weighted by Crippen LogP contribution is -2.48. The minimum absolute atomic E-state index is 0.0340. The predicted octanol–water partition coefficient (Wildman–Crippen LogP) is 0.978. The molecule has 2 heterocycles. The lowest BCUT2D eigenvalue weighted by Gasteiger charge is -2.32. The van der Waals surface area contributed by atoms with Crippen LogP contribution < -0.4 is 4.74 Å². The number of nitrogens with zero attached hydrogens (tertiary/aromatic N) is 4. The lowest BCUT2D eigenvalue weighted by atomic mass is 10.2. The van der Waals surface area contributed by atoms with Gasteiger partial charge < -0.3 is 19.0 Å². The number of ether oxygens (including phenoxy) is 1. The maximum absolute atomic E-state index is 12.2. The van der Waals surface area contributed by atoms with Crippen LogP contribution in [0.1, 0.15) is 12.3 Å². The first-order chi connectivity index (χ1) is 12.2. The van der Waals surface area contributed by atoms with Gasteiger partial charge in [0.15, 0.2) is 0 Å². The number of piperazine rings is 1. The molecule has 132 valence electrons. The highest BCUT2D eigenvalue weighted by atomic mass is 16.5. The maximum atomic E-state index is 12.2. The molecule has 0 bridgehead atoms. The largest absolute Gasteiger partial charge is 0.497 e. The van der Waals surface area contributed by atoms with Crippen LogP contribution >= 0.6 is 0 Å². The Bertz CT molecular complexity index is 738. The van der Waals surface area contributed by atoms with E-state index in [1.165, 1.54) is 0 Å². The summed E-state index contributed by atoms with van der Waals surface area (Å²) in [4.78, 5) is 26.4. The molecule has 1 aromatic heterocycles. The molecule has 1 saturated heterocycles. The van der Waals surface area contributed by atoms with Gasteiger partial charge in [-0.1, -0.05) is 6.07 Å². The summed E-state index contributed by atoms with van der Waals surface area (Å²) in [7, 11) is 1.60. The number of carbonyl (C=O) groups excluding carboxylic acids is 2. The van der Waals surface area contributed by atoms with Crippen LogP contribution in [0.4, 0.5) is 0 Å². The van der Waals surface area contributed by atoms with E-state index >= 15 is 0 Å². The van der Waals surface area contributed by atoms with Gasteiger partial charge in [0.25, 0.3) is 0 Å². The van der Waals surface area contributed by atoms with Gasteiger partial charge >= 0.3 is 0 Å². The van der Waals surface area contributed by atoms with Crippen LogP contribution in [0, 0.1) is 0 Å². The van der Waals surface area contributed by atoms with Crippen LogP contribution in [-0.2, 0) is 16.0 Å². The van der Waals surface area contributed by atoms with Crippen LogP contribution in [0.3, 0.4) is 0 Å². The number of aryl methyl sites for hydroxylation is 1. The smallest absolute Gasteiger partial charge is 0.247 e. The summed E-state index contributed by atoms with van der Waals surface area (Å²) in [6.07, 6.45) is 1.52. The number of rotatable bonds is 6. The van der Waals surface area contributed by atoms with Crippen molar-refractivity contribution in [3.8, 4) is 17.2 Å². The third kappa shape index (κ3) is 4.14. The first-order valence-electron chi connectivity index (χ1n) is 8.13. The van der Waals surface area contributed by atoms with E-state index in [2.05, 4.69) is 10.2 Å². The minimum Gasteiger partial charge on any atom is -0.497 e. The Labute approximate surface area is 145 Å². The molecule has 0 spiro atoms. The highest BCUT2D eigenvalue weighted by Crippen LogP contribution is 2.22. The quantitative estimate of drug-likeness (QED) is 0.726. The molecule has 2 amide bonds. The third-order valence-corrected chi connectivity index (χ3v) is 4.15. The zero-order chi connectivity index (χ0) is 17.6. The fourth-order valence-corrected chi connectivity index (χ4v) is 2.68. The van der Waals surface area contributed by atoms with Crippen LogP contribution in [0.2, 0.25) is 0 Å². The Hall–Kier alpha value is -2.90. The molecule has 25 heavy (non-hydrogen) atoms. The zero-order valence-electron chi connectivity index (χ0n) is 14.1. The number of carbonyl (C=O) groups is 2. The predicted molar refractivity (Wildman–Crippen MR) is 88.8 cm³/mol. The molecule has 1 aliphatic rings. The highest BCUT2D eigenvalue weighted by molar-refractivity contribution is 5.76. The summed E-state index contributed by atoms with van der Waals surface area (Å²) in [6, 6.07) is 7.36. The minimum atomic E-state index is 0.0340. The fourth-order valence-electron chi connectivity index (χ4n) is 2.68. The molecule has 0 N–H and O–H groups in total. The first-order valence-corrected chi connectivity index (χ1v) is 8.13. The van der Waals surface area contributed by atoms with Gasteiger partial charge in [0.1, 0.15) is 5.75 Å². The summed E-state index contributed by atoms with van der Waals surface area (Å²) in [6.45, 7) is 2.29. The number of hydrogen-bond acceptors (Lipinski definition) is 6. The van der Waals surface area contributed by atoms with Gasteiger partial charge in [-0.3, -0.25) is 9.59 Å². The van der Waals surface area contributed by atoms with Crippen molar-refractivity contribution in [3.63, 3.8) is 0 Å². The molecule has 8 heteroatoms. The van der Waals surface area contributed by atoms with Gasteiger partial charge in [-0.05, 0) is 18.2 Å². The van der Waals surface area contributed by atoms with E-state index in [-0.39, 0.29) is 5.91 Å². The second-order valence-electron chi connectivity index (χ2n) is 5.76. The van der Waals surface area contributed by atoms with Gasteiger partial charge in [0, 0.05) is 44.6 Å². The Morgan fingerprint density at radius 1 is 1.28 bits per heavy atom. The van der Waals surface area contributed by atoms with Crippen molar-refractivity contribution in [1.82, 2.24) is 20.0 Å². The molecular formula is C17H20N4O4. The maximum Gasteiger partial charge on any atom is 0.247 e. The molecule has 1 fully saturated rings. The SMILES string of the molecule is COc1cccc(-c2nnc(CCC(=O)N3CCN(C=O)CC3)o2)c1. The van der Waals surface area contributed by atoms with E-state index in [0.717, 1.165) is 12.0 Å². The number of amides is 2. The Morgan fingerprint density at radius 3 is 2.80 bits per heavy atom. The first kappa shape index (κ1) is 16.9. The van der Waals surface area contributed by atoms with Crippen LogP contribution in [0.25, 0.3) is 11.5 Å². The average molecular weight is 344 g/mol. The summed E-state index contributed by atoms with van der Waals surface area (Å²) in [5.41, 5.74) is 0.773. The van der Waals surface area contributed by atoms with E-state index < -0.39 is 0 Å². The van der Waals surface area contributed by atoms with Crippen LogP contribution in [0.5, 0.6) is 5.75 Å². The van der Waals surface area contributed by atoms with Gasteiger partial charge in [-0.15, -0.1) is 10.2 Å². The number of benzene rings is 1. The van der Waals surface area contributed by atoms with Gasteiger partial charge in [0.05, 0.1) is 7.11 Å². The molecule has 0 radical (unpaired) electrons. The second kappa shape index (κ2) is 7.78. The average Bonchev–Trinajstić information content (AvgIpc) is 3.15. The fraction of sp³-hybridized carbons (Fsp3) is 0.412. The topological polar surface area (TPSA) is 88.8 Å². The summed E-state index contributed by atoms with van der Waals surface area (Å²) >= 11 is 0. The monoisotopic (exact) mass is 344 g/mol. The second-order valence-corrected chi connectivity index (χ2v) is 5.76. The molecule has 1 aliphatic heterocycles. The van der Waals surface area contributed by atoms with E-state index in [0.29, 0.717) is 56.6 Å². The molecular weight excluding hydrogens is 324 g/mol. The molecule has 1 aromatic carbocycles. The van der Waals surface area contributed by atoms with E-state index in [4.69, 9.17) is 9.15 Å². The van der Waals surface area contributed by atoms with Crippen molar-refractivity contribution >= 4 is 12.3 Å². The highest BCUT2D eigenvalue weighted by Gasteiger charge is 2.20. The van der Waals surface area contributed by atoms with Crippen molar-refractivity contribution in [2.45, 2.75) is 12.8 Å². The molecule has 0 saturated carbocycles. The number of methoxy groups -OCH3 is 1. The Balaban J connectivity index is 1.55. The van der Waals surface area contributed by atoms with Gasteiger partial charge in [-0.2, -0.15) is 0 Å². The Morgan fingerprint density at radius 2 is 2.08 bits per heavy atom.